The molecule has 2 heterocycles. The number of carbonyl (C=O) groups excluding carboxylic acids is 1. The predicted octanol–water partition coefficient (Wildman–Crippen LogP) is 2.96. The third-order valence-corrected chi connectivity index (χ3v) is 5.06. The molecule has 1 amide bonds. The van der Waals surface area contributed by atoms with E-state index >= 15 is 0 Å². The second-order valence-corrected chi connectivity index (χ2v) is 8.73. The van der Waals surface area contributed by atoms with Gasteiger partial charge < -0.3 is 14.8 Å². The van der Waals surface area contributed by atoms with E-state index in [1.807, 2.05) is 20.8 Å². The summed E-state index contributed by atoms with van der Waals surface area (Å²) in [5.41, 5.74) is 0.0400. The molecule has 9 nitrogen and oxygen atoms in total. The fraction of sp³-hybridized carbons (Fsp3) is 0.353. The molecule has 28 heavy (non-hydrogen) atoms. The maximum Gasteiger partial charge on any atom is 0.407 e. The molecule has 152 valence electrons. The Hall–Kier alpha value is -2.59. The van der Waals surface area contributed by atoms with Crippen molar-refractivity contribution in [1.82, 2.24) is 15.3 Å². The summed E-state index contributed by atoms with van der Waals surface area (Å²) in [7, 11) is -2.57. The Balaban J connectivity index is 2.15. The number of nitrogens with zero attached hydrogens (tertiary/aromatic N) is 2. The Bertz CT molecular complexity index is 960. The number of nitrogens with one attached hydrogen (secondary N) is 2. The van der Waals surface area contributed by atoms with Crippen LogP contribution in [0, 0.1) is 0 Å². The number of anilines is 1. The summed E-state index contributed by atoms with van der Waals surface area (Å²) in [5, 5.41) is 2.50. The van der Waals surface area contributed by atoms with Crippen LogP contribution in [0.25, 0.3) is 0 Å². The maximum absolute atomic E-state index is 12.5. The molecule has 2 N–H and O–H groups in total. The predicted molar refractivity (Wildman–Crippen MR) is 104 cm³/mol. The van der Waals surface area contributed by atoms with Crippen LogP contribution in [0.1, 0.15) is 26.5 Å². The summed E-state index contributed by atoms with van der Waals surface area (Å²) in [6.07, 6.45) is 2.06. The molecule has 0 aliphatic heterocycles. The summed E-state index contributed by atoms with van der Waals surface area (Å²) < 4.78 is 37.6. The molecule has 0 bridgehead atoms. The molecule has 2 aromatic rings. The third-order valence-electron chi connectivity index (χ3n) is 3.23. The van der Waals surface area contributed by atoms with Gasteiger partial charge in [-0.05, 0) is 32.9 Å². The lowest BCUT2D eigenvalue weighted by Gasteiger charge is -2.20. The first-order valence-corrected chi connectivity index (χ1v) is 9.99. The van der Waals surface area contributed by atoms with E-state index in [0.29, 0.717) is 5.69 Å². The number of methoxy groups -OCH3 is 1. The van der Waals surface area contributed by atoms with Crippen LogP contribution in [0.4, 0.5) is 10.5 Å². The Morgan fingerprint density at radius 2 is 2.00 bits per heavy atom. The monoisotopic (exact) mass is 428 g/mol. The van der Waals surface area contributed by atoms with E-state index in [4.69, 9.17) is 21.1 Å². The van der Waals surface area contributed by atoms with Crippen LogP contribution in [0.2, 0.25) is 5.15 Å². The highest BCUT2D eigenvalue weighted by atomic mass is 35.5. The van der Waals surface area contributed by atoms with Gasteiger partial charge in [-0.25, -0.2) is 18.2 Å². The van der Waals surface area contributed by atoms with Crippen LogP contribution >= 0.6 is 11.6 Å². The van der Waals surface area contributed by atoms with Gasteiger partial charge in [0.05, 0.1) is 19.0 Å². The first kappa shape index (κ1) is 21.7. The summed E-state index contributed by atoms with van der Waals surface area (Å²) in [6.45, 7) is 5.32. The first-order chi connectivity index (χ1) is 13.0. The Kier molecular flexibility index (Phi) is 6.68. The van der Waals surface area contributed by atoms with E-state index in [-0.39, 0.29) is 28.1 Å². The number of carbonyl (C=O) groups is 1. The highest BCUT2D eigenvalue weighted by molar-refractivity contribution is 7.92. The van der Waals surface area contributed by atoms with E-state index in [0.717, 1.165) is 0 Å². The lowest BCUT2D eigenvalue weighted by atomic mass is 10.1. The summed E-state index contributed by atoms with van der Waals surface area (Å²) in [4.78, 5) is 19.5. The zero-order valence-electron chi connectivity index (χ0n) is 15.8. The summed E-state index contributed by atoms with van der Waals surface area (Å²) in [5.74, 6) is 0.251. The highest BCUT2D eigenvalue weighted by Crippen LogP contribution is 2.25. The van der Waals surface area contributed by atoms with Crippen molar-refractivity contribution >= 4 is 33.4 Å². The molecule has 0 saturated carbocycles. The van der Waals surface area contributed by atoms with Crippen LogP contribution in [-0.2, 0) is 21.4 Å². The van der Waals surface area contributed by atoms with Gasteiger partial charge in [-0.3, -0.25) is 9.71 Å². The fourth-order valence-electron chi connectivity index (χ4n) is 2.07. The maximum atomic E-state index is 12.5. The molecule has 11 heteroatoms. The minimum absolute atomic E-state index is 0.146. The van der Waals surface area contributed by atoms with Crippen LogP contribution in [0.15, 0.2) is 35.5 Å². The summed E-state index contributed by atoms with van der Waals surface area (Å²) in [6, 6.07) is 4.22. The Labute approximate surface area is 168 Å². The van der Waals surface area contributed by atoms with Crippen molar-refractivity contribution in [3.8, 4) is 5.75 Å². The van der Waals surface area contributed by atoms with Crippen LogP contribution in [0.3, 0.4) is 0 Å². The lowest BCUT2D eigenvalue weighted by Crippen LogP contribution is -2.40. The number of rotatable bonds is 6. The SMILES string of the molecule is COc1cc(NS(=O)(=O)c2cccnc2Cl)cnc1COC(=O)NC(C)(C)C. The van der Waals surface area contributed by atoms with Gasteiger partial charge in [0.1, 0.15) is 28.1 Å². The van der Waals surface area contributed by atoms with E-state index in [2.05, 4.69) is 20.0 Å². The molecule has 0 saturated heterocycles. The fourth-order valence-corrected chi connectivity index (χ4v) is 3.56. The highest BCUT2D eigenvalue weighted by Gasteiger charge is 2.20. The van der Waals surface area contributed by atoms with Crippen molar-refractivity contribution in [3.05, 3.63) is 41.4 Å². The topological polar surface area (TPSA) is 120 Å². The van der Waals surface area contributed by atoms with Crippen LogP contribution < -0.4 is 14.8 Å². The molecule has 0 spiro atoms. The summed E-state index contributed by atoms with van der Waals surface area (Å²) >= 11 is 5.85. The lowest BCUT2D eigenvalue weighted by molar-refractivity contribution is 0.129. The second kappa shape index (κ2) is 8.61. The Morgan fingerprint density at radius 1 is 1.29 bits per heavy atom. The third kappa shape index (κ3) is 5.96. The van der Waals surface area contributed by atoms with Gasteiger partial charge in [0, 0.05) is 17.8 Å². The van der Waals surface area contributed by atoms with Crippen molar-refractivity contribution in [2.24, 2.45) is 0 Å². The average molecular weight is 429 g/mol. The molecule has 0 radical (unpaired) electrons. The number of alkyl carbamates (subject to hydrolysis) is 1. The zero-order valence-corrected chi connectivity index (χ0v) is 17.4. The second-order valence-electron chi connectivity index (χ2n) is 6.72. The van der Waals surface area contributed by atoms with E-state index in [9.17, 15) is 13.2 Å². The first-order valence-electron chi connectivity index (χ1n) is 8.13. The van der Waals surface area contributed by atoms with Crippen molar-refractivity contribution in [2.45, 2.75) is 37.8 Å². The minimum Gasteiger partial charge on any atom is -0.495 e. The number of ether oxygens (including phenoxy) is 2. The molecule has 2 rings (SSSR count). The molecule has 0 atom stereocenters. The van der Waals surface area contributed by atoms with Gasteiger partial charge >= 0.3 is 6.09 Å². The zero-order chi connectivity index (χ0) is 20.9. The van der Waals surface area contributed by atoms with Gasteiger partial charge in [0.2, 0.25) is 0 Å². The van der Waals surface area contributed by atoms with Crippen LogP contribution in [-0.4, -0.2) is 37.1 Å². The largest absolute Gasteiger partial charge is 0.495 e. The molecular weight excluding hydrogens is 408 g/mol. The Morgan fingerprint density at radius 3 is 2.61 bits per heavy atom. The van der Waals surface area contributed by atoms with Gasteiger partial charge in [-0.15, -0.1) is 0 Å². The molecule has 0 aliphatic rings. The number of aromatic nitrogens is 2. The normalized spacial score (nSPS) is 11.6. The quantitative estimate of drug-likeness (QED) is 0.678. The van der Waals surface area contributed by atoms with Gasteiger partial charge in [0.15, 0.2) is 0 Å². The number of halogens is 1. The molecule has 0 fully saturated rings. The number of amides is 1. The van der Waals surface area contributed by atoms with E-state index in [1.54, 1.807) is 0 Å². The number of pyridine rings is 2. The molecule has 0 aliphatic carbocycles. The molecule has 0 aromatic carbocycles. The van der Waals surface area contributed by atoms with Crippen molar-refractivity contribution in [1.29, 1.82) is 0 Å². The average Bonchev–Trinajstić information content (AvgIpc) is 2.59. The van der Waals surface area contributed by atoms with Gasteiger partial charge in [-0.2, -0.15) is 0 Å². The molecule has 2 aromatic heterocycles. The van der Waals surface area contributed by atoms with E-state index in [1.165, 1.54) is 37.7 Å². The smallest absolute Gasteiger partial charge is 0.407 e. The van der Waals surface area contributed by atoms with Crippen molar-refractivity contribution in [3.63, 3.8) is 0 Å². The van der Waals surface area contributed by atoms with Crippen molar-refractivity contribution in [2.75, 3.05) is 11.8 Å². The van der Waals surface area contributed by atoms with E-state index < -0.39 is 21.7 Å². The number of hydrogen-bond acceptors (Lipinski definition) is 7. The minimum atomic E-state index is -3.96. The van der Waals surface area contributed by atoms with Gasteiger partial charge in [0.25, 0.3) is 10.0 Å². The standard InChI is InChI=1S/C17H21ClN4O5S/c1-17(2,3)21-16(23)27-10-12-13(26-4)8-11(9-20-12)22-28(24,25)14-6-5-7-19-15(14)18/h5-9,22H,10H2,1-4H3,(H,21,23). The van der Waals surface area contributed by atoms with Crippen LogP contribution in [0.5, 0.6) is 5.75 Å². The van der Waals surface area contributed by atoms with Gasteiger partial charge in [-0.1, -0.05) is 11.6 Å². The number of hydrogen-bond donors (Lipinski definition) is 2. The molecular formula is C17H21ClN4O5S. The van der Waals surface area contributed by atoms with Crippen molar-refractivity contribution < 1.29 is 22.7 Å². The molecule has 0 unspecified atom stereocenters. The number of sulfonamides is 1.